The van der Waals surface area contributed by atoms with E-state index in [1.165, 1.54) is 32.1 Å². The summed E-state index contributed by atoms with van der Waals surface area (Å²) in [6, 6.07) is 0. The summed E-state index contributed by atoms with van der Waals surface area (Å²) in [5, 5.41) is 7.66. The molecule has 1 aliphatic rings. The molecule has 0 amide bonds. The molecule has 0 heterocycles. The summed E-state index contributed by atoms with van der Waals surface area (Å²) in [7, 11) is 0. The zero-order chi connectivity index (χ0) is 9.19. The molecule has 1 rings (SSSR count). The van der Waals surface area contributed by atoms with Crippen LogP contribution in [0.25, 0.3) is 0 Å². The fourth-order valence-corrected chi connectivity index (χ4v) is 2.09. The van der Waals surface area contributed by atoms with Crippen LogP contribution in [0.1, 0.15) is 52.9 Å². The van der Waals surface area contributed by atoms with Gasteiger partial charge in [0.25, 0.3) is 0 Å². The Bertz CT molecular complexity index is 164. The molecule has 1 saturated carbocycles. The van der Waals surface area contributed by atoms with Gasteiger partial charge in [-0.25, -0.2) is 0 Å². The second-order valence-electron chi connectivity index (χ2n) is 4.86. The van der Waals surface area contributed by atoms with Crippen molar-refractivity contribution in [2.45, 2.75) is 52.9 Å². The highest BCUT2D eigenvalue weighted by Gasteiger charge is 2.26. The van der Waals surface area contributed by atoms with Crippen molar-refractivity contribution in [3.05, 3.63) is 0 Å². The van der Waals surface area contributed by atoms with Gasteiger partial charge in [-0.2, -0.15) is 0 Å². The Kier molecular flexibility index (Phi) is 2.92. The predicted molar refractivity (Wildman–Crippen MR) is 53.8 cm³/mol. The summed E-state index contributed by atoms with van der Waals surface area (Å²) < 4.78 is 0. The van der Waals surface area contributed by atoms with Crippen LogP contribution >= 0.6 is 0 Å². The van der Waals surface area contributed by atoms with Gasteiger partial charge in [0.05, 0.1) is 0 Å². The van der Waals surface area contributed by atoms with E-state index in [-0.39, 0.29) is 5.41 Å². The van der Waals surface area contributed by atoms with Gasteiger partial charge >= 0.3 is 0 Å². The molecule has 1 N–H and O–H groups in total. The van der Waals surface area contributed by atoms with Gasteiger partial charge in [-0.1, -0.05) is 39.5 Å². The zero-order valence-electron chi connectivity index (χ0n) is 8.61. The van der Waals surface area contributed by atoms with E-state index in [1.54, 1.807) is 0 Å². The lowest BCUT2D eigenvalue weighted by molar-refractivity contribution is 0.357. The molecule has 0 aromatic heterocycles. The Labute approximate surface area is 76.1 Å². The zero-order valence-corrected chi connectivity index (χ0v) is 8.61. The van der Waals surface area contributed by atoms with Crippen molar-refractivity contribution in [1.82, 2.24) is 0 Å². The van der Waals surface area contributed by atoms with Gasteiger partial charge in [0.15, 0.2) is 0 Å². The van der Waals surface area contributed by atoms with E-state index in [4.69, 9.17) is 5.41 Å². The highest BCUT2D eigenvalue weighted by Crippen LogP contribution is 2.35. The molecule has 0 unspecified atom stereocenters. The lowest BCUT2D eigenvalue weighted by atomic mass is 9.79. The topological polar surface area (TPSA) is 23.9 Å². The summed E-state index contributed by atoms with van der Waals surface area (Å²) in [5.41, 5.74) is 0.990. The van der Waals surface area contributed by atoms with Crippen molar-refractivity contribution in [2.24, 2.45) is 11.3 Å². The largest absolute Gasteiger partial charge is 0.309 e. The van der Waals surface area contributed by atoms with Crippen LogP contribution in [0.5, 0.6) is 0 Å². The molecular formula is C11H21N. The monoisotopic (exact) mass is 167 g/mol. The molecular weight excluding hydrogens is 146 g/mol. The molecule has 70 valence electrons. The molecule has 0 spiro atoms. The molecule has 0 atom stereocenters. The second kappa shape index (κ2) is 3.59. The van der Waals surface area contributed by atoms with E-state index in [0.29, 0.717) is 0 Å². The number of hydrogen-bond acceptors (Lipinski definition) is 1. The average Bonchev–Trinajstić information content (AvgIpc) is 2.38. The lowest BCUT2D eigenvalue weighted by Crippen LogP contribution is -2.23. The van der Waals surface area contributed by atoms with Crippen molar-refractivity contribution in [2.75, 3.05) is 0 Å². The van der Waals surface area contributed by atoms with Crippen LogP contribution in [-0.2, 0) is 0 Å². The van der Waals surface area contributed by atoms with Gasteiger partial charge in [-0.05, 0) is 19.3 Å². The molecule has 0 aliphatic heterocycles. The van der Waals surface area contributed by atoms with Crippen LogP contribution in [0.2, 0.25) is 0 Å². The van der Waals surface area contributed by atoms with Crippen molar-refractivity contribution < 1.29 is 0 Å². The van der Waals surface area contributed by atoms with Gasteiger partial charge < -0.3 is 5.41 Å². The van der Waals surface area contributed by atoms with Gasteiger partial charge in [-0.3, -0.25) is 0 Å². The summed E-state index contributed by atoms with van der Waals surface area (Å²) in [6.45, 7) is 6.34. The third-order valence-electron chi connectivity index (χ3n) is 3.29. The van der Waals surface area contributed by atoms with Crippen molar-refractivity contribution in [3.8, 4) is 0 Å². The van der Waals surface area contributed by atoms with Gasteiger partial charge in [0, 0.05) is 11.1 Å². The molecule has 0 aromatic carbocycles. The maximum Gasteiger partial charge on any atom is 0.0114 e. The fraction of sp³-hybridized carbons (Fsp3) is 0.909. The Hall–Kier alpha value is -0.330. The third-order valence-corrected chi connectivity index (χ3v) is 3.29. The first kappa shape index (κ1) is 9.76. The number of rotatable bonds is 3. The normalized spacial score (nSPS) is 19.9. The van der Waals surface area contributed by atoms with E-state index >= 15 is 0 Å². The van der Waals surface area contributed by atoms with Crippen LogP contribution in [0, 0.1) is 16.7 Å². The Morgan fingerprint density at radius 1 is 1.33 bits per heavy atom. The minimum Gasteiger partial charge on any atom is -0.309 e. The van der Waals surface area contributed by atoms with E-state index < -0.39 is 0 Å². The minimum atomic E-state index is 0.148. The van der Waals surface area contributed by atoms with Gasteiger partial charge in [0.1, 0.15) is 0 Å². The lowest BCUT2D eigenvalue weighted by Gasteiger charge is -2.26. The van der Waals surface area contributed by atoms with Crippen LogP contribution in [-0.4, -0.2) is 5.71 Å². The first-order valence-electron chi connectivity index (χ1n) is 5.08. The average molecular weight is 167 g/mol. The van der Waals surface area contributed by atoms with Gasteiger partial charge in [-0.15, -0.1) is 0 Å². The Morgan fingerprint density at radius 3 is 2.25 bits per heavy atom. The van der Waals surface area contributed by atoms with E-state index in [2.05, 4.69) is 13.8 Å². The highest BCUT2D eigenvalue weighted by atomic mass is 14.5. The molecule has 1 aliphatic carbocycles. The van der Waals surface area contributed by atoms with Crippen molar-refractivity contribution >= 4 is 5.71 Å². The Morgan fingerprint density at radius 2 is 1.83 bits per heavy atom. The summed E-state index contributed by atoms with van der Waals surface area (Å²) in [5.74, 6) is 0.903. The highest BCUT2D eigenvalue weighted by molar-refractivity contribution is 5.84. The first-order valence-corrected chi connectivity index (χ1v) is 5.08. The quantitative estimate of drug-likeness (QED) is 0.621. The van der Waals surface area contributed by atoms with Crippen molar-refractivity contribution in [3.63, 3.8) is 0 Å². The fourth-order valence-electron chi connectivity index (χ4n) is 2.09. The summed E-state index contributed by atoms with van der Waals surface area (Å²) in [6.07, 6.45) is 6.85. The van der Waals surface area contributed by atoms with Crippen LogP contribution in [0.4, 0.5) is 0 Å². The molecule has 0 bridgehead atoms. The maximum absolute atomic E-state index is 7.66. The van der Waals surface area contributed by atoms with Gasteiger partial charge in [0.2, 0.25) is 0 Å². The minimum absolute atomic E-state index is 0.148. The molecule has 0 radical (unpaired) electrons. The third kappa shape index (κ3) is 2.33. The summed E-state index contributed by atoms with van der Waals surface area (Å²) >= 11 is 0. The van der Waals surface area contributed by atoms with E-state index in [0.717, 1.165) is 11.6 Å². The Balaban J connectivity index is 2.42. The second-order valence-corrected chi connectivity index (χ2v) is 4.86. The summed E-state index contributed by atoms with van der Waals surface area (Å²) in [4.78, 5) is 0. The van der Waals surface area contributed by atoms with E-state index in [1.807, 2.05) is 6.92 Å². The number of hydrogen-bond donors (Lipinski definition) is 1. The van der Waals surface area contributed by atoms with Crippen LogP contribution in [0.3, 0.4) is 0 Å². The van der Waals surface area contributed by atoms with E-state index in [9.17, 15) is 0 Å². The van der Waals surface area contributed by atoms with Crippen LogP contribution < -0.4 is 0 Å². The predicted octanol–water partition coefficient (Wildman–Crippen LogP) is 3.63. The maximum atomic E-state index is 7.66. The molecule has 12 heavy (non-hydrogen) atoms. The SMILES string of the molecule is CC(=N)C(C)(C)CC1CCCC1. The molecule has 1 fully saturated rings. The standard InChI is InChI=1S/C11H21N/c1-9(12)11(2,3)8-10-6-4-5-7-10/h10,12H,4-8H2,1-3H3. The molecule has 0 aromatic rings. The molecule has 1 heteroatoms. The van der Waals surface area contributed by atoms with Crippen molar-refractivity contribution in [1.29, 1.82) is 5.41 Å². The molecule has 1 nitrogen and oxygen atoms in total. The first-order chi connectivity index (χ1) is 5.52. The smallest absolute Gasteiger partial charge is 0.0114 e. The van der Waals surface area contributed by atoms with Crippen LogP contribution in [0.15, 0.2) is 0 Å². The molecule has 0 saturated heterocycles. The number of nitrogens with one attached hydrogen (secondary N) is 1.